The summed E-state index contributed by atoms with van der Waals surface area (Å²) in [6.07, 6.45) is 0.876. The van der Waals surface area contributed by atoms with E-state index in [0.29, 0.717) is 5.69 Å². The van der Waals surface area contributed by atoms with Crippen LogP contribution in [0.3, 0.4) is 0 Å². The number of hydrogen-bond donors (Lipinski definition) is 1. The molecule has 1 aliphatic rings. The molecule has 2 aromatic carbocycles. The number of rotatable bonds is 6. The topological polar surface area (TPSA) is 75.7 Å². The first-order valence-corrected chi connectivity index (χ1v) is 9.81. The highest BCUT2D eigenvalue weighted by Crippen LogP contribution is 2.29. The molecule has 1 aliphatic heterocycles. The highest BCUT2D eigenvalue weighted by molar-refractivity contribution is 6.00. The average Bonchev–Trinajstić information content (AvgIpc) is 3.08. The van der Waals surface area contributed by atoms with Crippen molar-refractivity contribution < 1.29 is 19.1 Å². The Bertz CT molecular complexity index is 938. The molecule has 1 atom stereocenters. The van der Waals surface area contributed by atoms with Crippen molar-refractivity contribution in [1.29, 1.82) is 0 Å². The quantitative estimate of drug-likeness (QED) is 0.762. The molecule has 0 aromatic heterocycles. The molecule has 29 heavy (non-hydrogen) atoms. The fourth-order valence-corrected chi connectivity index (χ4v) is 3.60. The van der Waals surface area contributed by atoms with Crippen LogP contribution in [0.2, 0.25) is 0 Å². The molecular formula is C23H26N2O4. The lowest BCUT2D eigenvalue weighted by atomic mass is 10.1. The molecule has 2 amide bonds. The number of para-hydroxylation sites is 1. The molecule has 1 fully saturated rings. The number of benzene rings is 2. The van der Waals surface area contributed by atoms with Crippen LogP contribution in [-0.2, 0) is 25.5 Å². The summed E-state index contributed by atoms with van der Waals surface area (Å²) in [5.74, 6) is -1.60. The minimum absolute atomic E-state index is 0.0897. The molecule has 2 aromatic rings. The third-order valence-corrected chi connectivity index (χ3v) is 5.12. The van der Waals surface area contributed by atoms with Crippen LogP contribution in [0.4, 0.5) is 11.4 Å². The van der Waals surface area contributed by atoms with Gasteiger partial charge in [-0.05, 0) is 43.5 Å². The van der Waals surface area contributed by atoms with Gasteiger partial charge in [0.25, 0.3) is 5.91 Å². The average molecular weight is 394 g/mol. The number of anilines is 2. The molecule has 3 rings (SSSR count). The first-order valence-electron chi connectivity index (χ1n) is 9.81. The Kier molecular flexibility index (Phi) is 6.32. The van der Waals surface area contributed by atoms with E-state index in [9.17, 15) is 14.4 Å². The second-order valence-electron chi connectivity index (χ2n) is 7.36. The first kappa shape index (κ1) is 20.6. The van der Waals surface area contributed by atoms with E-state index < -0.39 is 17.8 Å². The third kappa shape index (κ3) is 4.83. The molecule has 0 radical (unpaired) electrons. The van der Waals surface area contributed by atoms with Crippen LogP contribution in [0.1, 0.15) is 30.0 Å². The molecule has 0 spiro atoms. The van der Waals surface area contributed by atoms with Crippen LogP contribution in [0, 0.1) is 19.8 Å². The fourth-order valence-electron chi connectivity index (χ4n) is 3.60. The molecule has 0 aliphatic carbocycles. The maximum absolute atomic E-state index is 12.4. The van der Waals surface area contributed by atoms with Gasteiger partial charge in [0.2, 0.25) is 5.91 Å². The van der Waals surface area contributed by atoms with Crippen molar-refractivity contribution in [3.8, 4) is 0 Å². The Balaban J connectivity index is 1.56. The molecule has 1 heterocycles. The molecule has 0 unspecified atom stereocenters. The van der Waals surface area contributed by atoms with Gasteiger partial charge in [0.05, 0.1) is 5.92 Å². The van der Waals surface area contributed by atoms with Crippen LogP contribution >= 0.6 is 0 Å². The van der Waals surface area contributed by atoms with Crippen molar-refractivity contribution >= 4 is 29.2 Å². The van der Waals surface area contributed by atoms with Crippen LogP contribution in [0.15, 0.2) is 42.5 Å². The van der Waals surface area contributed by atoms with Crippen LogP contribution in [0.25, 0.3) is 0 Å². The molecule has 152 valence electrons. The minimum atomic E-state index is -0.570. The Hall–Kier alpha value is -3.15. The zero-order valence-corrected chi connectivity index (χ0v) is 17.0. The van der Waals surface area contributed by atoms with Gasteiger partial charge in [-0.2, -0.15) is 0 Å². The lowest BCUT2D eigenvalue weighted by Crippen LogP contribution is -2.28. The van der Waals surface area contributed by atoms with Crippen LogP contribution in [-0.4, -0.2) is 30.9 Å². The minimum Gasteiger partial charge on any atom is -0.455 e. The van der Waals surface area contributed by atoms with Crippen molar-refractivity contribution in [3.05, 3.63) is 59.2 Å². The SMILES string of the molecule is CCc1ccccc1NC(=O)COC(=O)[C@H]1CC(=O)N(c2ccc(C)cc2C)C1. The summed E-state index contributed by atoms with van der Waals surface area (Å²) >= 11 is 0. The van der Waals surface area contributed by atoms with E-state index in [-0.39, 0.29) is 25.5 Å². The van der Waals surface area contributed by atoms with E-state index in [4.69, 9.17) is 4.74 Å². The lowest BCUT2D eigenvalue weighted by Gasteiger charge is -2.19. The fraction of sp³-hybridized carbons (Fsp3) is 0.348. The predicted molar refractivity (Wildman–Crippen MR) is 112 cm³/mol. The number of hydrogen-bond acceptors (Lipinski definition) is 4. The number of carbonyl (C=O) groups excluding carboxylic acids is 3. The van der Waals surface area contributed by atoms with E-state index in [2.05, 4.69) is 5.32 Å². The Labute approximate surface area is 170 Å². The Morgan fingerprint density at radius 3 is 2.66 bits per heavy atom. The standard InChI is InChI=1S/C23H26N2O4/c1-4-17-7-5-6-8-19(17)24-21(26)14-29-23(28)18-12-22(27)25(13-18)20-10-9-15(2)11-16(20)3/h5-11,18H,4,12-14H2,1-3H3,(H,24,26)/t18-/m0/s1. The van der Waals surface area contributed by atoms with E-state index in [0.717, 1.165) is 28.8 Å². The lowest BCUT2D eigenvalue weighted by molar-refractivity contribution is -0.151. The van der Waals surface area contributed by atoms with Gasteiger partial charge in [0.15, 0.2) is 6.61 Å². The molecule has 1 N–H and O–H groups in total. The molecule has 0 bridgehead atoms. The second kappa shape index (κ2) is 8.90. The van der Waals surface area contributed by atoms with Gasteiger partial charge < -0.3 is 15.0 Å². The van der Waals surface area contributed by atoms with E-state index in [1.807, 2.05) is 63.2 Å². The zero-order chi connectivity index (χ0) is 21.0. The molecule has 6 heteroatoms. The van der Waals surface area contributed by atoms with E-state index in [1.165, 1.54) is 0 Å². The summed E-state index contributed by atoms with van der Waals surface area (Å²) in [7, 11) is 0. The van der Waals surface area contributed by atoms with Crippen LogP contribution < -0.4 is 10.2 Å². The highest BCUT2D eigenvalue weighted by Gasteiger charge is 2.36. The summed E-state index contributed by atoms with van der Waals surface area (Å²) < 4.78 is 5.19. The van der Waals surface area contributed by atoms with Gasteiger partial charge in [-0.3, -0.25) is 14.4 Å². The Morgan fingerprint density at radius 2 is 1.93 bits per heavy atom. The van der Waals surface area contributed by atoms with Gasteiger partial charge >= 0.3 is 5.97 Å². The summed E-state index contributed by atoms with van der Waals surface area (Å²) in [5, 5.41) is 2.77. The zero-order valence-electron chi connectivity index (χ0n) is 17.0. The number of ether oxygens (including phenoxy) is 1. The summed E-state index contributed by atoms with van der Waals surface area (Å²) in [5.41, 5.74) is 4.64. The molecular weight excluding hydrogens is 368 g/mol. The number of aryl methyl sites for hydroxylation is 3. The van der Waals surface area contributed by atoms with Gasteiger partial charge in [-0.25, -0.2) is 0 Å². The predicted octanol–water partition coefficient (Wildman–Crippen LogP) is 3.40. The van der Waals surface area contributed by atoms with Crippen molar-refractivity contribution in [1.82, 2.24) is 0 Å². The summed E-state index contributed by atoms with van der Waals surface area (Å²) in [6, 6.07) is 13.4. The third-order valence-electron chi connectivity index (χ3n) is 5.12. The molecule has 1 saturated heterocycles. The molecule has 0 saturated carbocycles. The summed E-state index contributed by atoms with van der Waals surface area (Å²) in [6.45, 7) is 5.84. The second-order valence-corrected chi connectivity index (χ2v) is 7.36. The van der Waals surface area contributed by atoms with Crippen molar-refractivity contribution in [2.45, 2.75) is 33.6 Å². The molecule has 6 nitrogen and oxygen atoms in total. The monoisotopic (exact) mass is 394 g/mol. The largest absolute Gasteiger partial charge is 0.455 e. The van der Waals surface area contributed by atoms with E-state index in [1.54, 1.807) is 4.90 Å². The van der Waals surface area contributed by atoms with Crippen molar-refractivity contribution in [2.75, 3.05) is 23.4 Å². The van der Waals surface area contributed by atoms with Gasteiger partial charge in [0, 0.05) is 24.3 Å². The number of esters is 1. The normalized spacial score (nSPS) is 16.0. The first-order chi connectivity index (χ1) is 13.9. The number of nitrogens with zero attached hydrogens (tertiary/aromatic N) is 1. The van der Waals surface area contributed by atoms with Crippen molar-refractivity contribution in [2.24, 2.45) is 5.92 Å². The van der Waals surface area contributed by atoms with Crippen molar-refractivity contribution in [3.63, 3.8) is 0 Å². The van der Waals surface area contributed by atoms with Crippen LogP contribution in [0.5, 0.6) is 0 Å². The smallest absolute Gasteiger partial charge is 0.311 e. The number of nitrogens with one attached hydrogen (secondary N) is 1. The number of carbonyl (C=O) groups is 3. The van der Waals surface area contributed by atoms with Gasteiger partial charge in [-0.15, -0.1) is 0 Å². The number of amides is 2. The Morgan fingerprint density at radius 1 is 1.17 bits per heavy atom. The van der Waals surface area contributed by atoms with Gasteiger partial charge in [-0.1, -0.05) is 42.8 Å². The summed E-state index contributed by atoms with van der Waals surface area (Å²) in [4.78, 5) is 38.6. The highest BCUT2D eigenvalue weighted by atomic mass is 16.5. The van der Waals surface area contributed by atoms with Gasteiger partial charge in [0.1, 0.15) is 0 Å². The maximum Gasteiger partial charge on any atom is 0.311 e. The maximum atomic E-state index is 12.4. The van der Waals surface area contributed by atoms with E-state index >= 15 is 0 Å².